The van der Waals surface area contributed by atoms with Gasteiger partial charge >= 0.3 is 5.97 Å². The number of hydrogen-bond acceptors (Lipinski definition) is 5. The van der Waals surface area contributed by atoms with Crippen LogP contribution in [-0.4, -0.2) is 36.6 Å². The number of methoxy groups -OCH3 is 1. The van der Waals surface area contributed by atoms with Crippen LogP contribution in [0.15, 0.2) is 11.6 Å². The van der Waals surface area contributed by atoms with Gasteiger partial charge in [0, 0.05) is 35.5 Å². The molecular weight excluding hydrogens is 454 g/mol. The van der Waals surface area contributed by atoms with E-state index < -0.39 is 17.4 Å². The minimum Gasteiger partial charge on any atom is -0.467 e. The molecule has 0 heterocycles. The number of esters is 1. The Balaban J connectivity index is 1.54. The molecule has 6 aliphatic carbocycles. The topological polar surface area (TPSA) is 89.5 Å². The van der Waals surface area contributed by atoms with Gasteiger partial charge in [-0.3, -0.25) is 14.4 Å². The van der Waals surface area contributed by atoms with Crippen molar-refractivity contribution in [3.63, 3.8) is 0 Å². The standard InChI is InChI=1S/C30H43NO5/c1-16(2)19-15-30-13-10-22-28(4,11-7-12-29(22,5)27(35)31-17(3)26(34)36-6)23(30)14-18(19)24-20(32)8-9-21(33)25(24)30/h15-18,22-25H,7-14H2,1-6H3,(H,31,35)/t17-,18-,22+,23+,24-,25+,28-,29+,30-/m0/s1. The zero-order chi connectivity index (χ0) is 26.2. The molecule has 6 heteroatoms. The summed E-state index contributed by atoms with van der Waals surface area (Å²) >= 11 is 0. The van der Waals surface area contributed by atoms with Gasteiger partial charge in [0.2, 0.25) is 5.91 Å². The van der Waals surface area contributed by atoms with Crippen molar-refractivity contribution < 1.29 is 23.9 Å². The van der Waals surface area contributed by atoms with E-state index >= 15 is 0 Å². The SMILES string of the molecule is COC(=O)[C@H](C)NC(=O)[C@]1(C)CCC[C@]2(C)[C@H]3C[C@H]4C(C(C)C)=C[C@]3(CC[C@H]21)[C@@H]1C(=O)CCC(=O)[C@@H]14. The first-order valence-corrected chi connectivity index (χ1v) is 14.1. The fourth-order valence-corrected chi connectivity index (χ4v) is 9.95. The summed E-state index contributed by atoms with van der Waals surface area (Å²) in [5.74, 6) is 0.726. The maximum absolute atomic E-state index is 13.7. The number of Topliss-reactive ketones (excluding diaryl/α,β-unsaturated/α-hetero) is 2. The Morgan fingerprint density at radius 2 is 1.72 bits per heavy atom. The third-order valence-electron chi connectivity index (χ3n) is 11.4. The highest BCUT2D eigenvalue weighted by atomic mass is 16.5. The Morgan fingerprint density at radius 1 is 1.03 bits per heavy atom. The van der Waals surface area contributed by atoms with Crippen LogP contribution in [0.25, 0.3) is 0 Å². The molecule has 0 radical (unpaired) electrons. The minimum absolute atomic E-state index is 0.0616. The van der Waals surface area contributed by atoms with E-state index in [2.05, 4.69) is 39.1 Å². The lowest BCUT2D eigenvalue weighted by atomic mass is 9.33. The Hall–Kier alpha value is -1.98. The van der Waals surface area contributed by atoms with Gasteiger partial charge < -0.3 is 10.1 Å². The Kier molecular flexibility index (Phi) is 6.08. The van der Waals surface area contributed by atoms with Gasteiger partial charge in [-0.1, -0.05) is 45.8 Å². The molecule has 4 saturated carbocycles. The van der Waals surface area contributed by atoms with Gasteiger partial charge in [-0.05, 0) is 68.1 Å². The molecule has 1 amide bonds. The summed E-state index contributed by atoms with van der Waals surface area (Å²) in [6.07, 6.45) is 8.72. The number of carbonyl (C=O) groups excluding carboxylic acids is 4. The maximum Gasteiger partial charge on any atom is 0.328 e. The summed E-state index contributed by atoms with van der Waals surface area (Å²) in [5.41, 5.74) is 0.441. The van der Waals surface area contributed by atoms with Crippen molar-refractivity contribution in [1.82, 2.24) is 5.32 Å². The zero-order valence-electron chi connectivity index (χ0n) is 22.8. The molecule has 6 aliphatic rings. The van der Waals surface area contributed by atoms with Gasteiger partial charge in [-0.15, -0.1) is 0 Å². The van der Waals surface area contributed by atoms with Gasteiger partial charge in [-0.2, -0.15) is 0 Å². The molecule has 9 atom stereocenters. The largest absolute Gasteiger partial charge is 0.467 e. The predicted octanol–water partition coefficient (Wildman–Crippen LogP) is 4.65. The van der Waals surface area contributed by atoms with E-state index in [1.807, 2.05) is 0 Å². The molecule has 1 N–H and O–H groups in total. The average Bonchev–Trinajstić information content (AvgIpc) is 2.84. The smallest absolute Gasteiger partial charge is 0.328 e. The molecule has 36 heavy (non-hydrogen) atoms. The van der Waals surface area contributed by atoms with Crippen LogP contribution >= 0.6 is 0 Å². The lowest BCUT2D eigenvalue weighted by molar-refractivity contribution is -0.195. The van der Waals surface area contributed by atoms with Gasteiger partial charge in [0.15, 0.2) is 0 Å². The van der Waals surface area contributed by atoms with Crippen molar-refractivity contribution in [2.24, 2.45) is 51.8 Å². The first kappa shape index (κ1) is 25.7. The van der Waals surface area contributed by atoms with E-state index in [4.69, 9.17) is 4.74 Å². The van der Waals surface area contributed by atoms with Gasteiger partial charge in [0.1, 0.15) is 17.6 Å². The number of allylic oxidation sites excluding steroid dienone is 2. The lowest BCUT2D eigenvalue weighted by Gasteiger charge is -2.70. The van der Waals surface area contributed by atoms with E-state index in [1.165, 1.54) is 12.7 Å². The number of amides is 1. The van der Waals surface area contributed by atoms with Crippen LogP contribution in [0.5, 0.6) is 0 Å². The number of ketones is 2. The third-order valence-corrected chi connectivity index (χ3v) is 11.4. The molecule has 2 bridgehead atoms. The van der Waals surface area contributed by atoms with Crippen molar-refractivity contribution in [2.75, 3.05) is 7.11 Å². The zero-order valence-corrected chi connectivity index (χ0v) is 22.8. The Labute approximate surface area is 215 Å². The first-order valence-electron chi connectivity index (χ1n) is 14.1. The quantitative estimate of drug-likeness (QED) is 0.451. The molecule has 198 valence electrons. The number of hydrogen-bond donors (Lipinski definition) is 1. The molecule has 0 saturated heterocycles. The Morgan fingerprint density at radius 3 is 2.39 bits per heavy atom. The van der Waals surface area contributed by atoms with Crippen molar-refractivity contribution >= 4 is 23.4 Å². The molecule has 4 fully saturated rings. The van der Waals surface area contributed by atoms with Crippen molar-refractivity contribution in [1.29, 1.82) is 0 Å². The highest BCUT2D eigenvalue weighted by molar-refractivity contribution is 5.98. The monoisotopic (exact) mass is 497 g/mol. The Bertz CT molecular complexity index is 1030. The van der Waals surface area contributed by atoms with Crippen molar-refractivity contribution in [3.05, 3.63) is 11.6 Å². The van der Waals surface area contributed by atoms with Crippen LogP contribution in [0, 0.1) is 51.8 Å². The number of carbonyl (C=O) groups is 4. The fraction of sp³-hybridized carbons (Fsp3) is 0.800. The van der Waals surface area contributed by atoms with Crippen LogP contribution in [0.4, 0.5) is 0 Å². The summed E-state index contributed by atoms with van der Waals surface area (Å²) in [7, 11) is 1.34. The highest BCUT2D eigenvalue weighted by Crippen LogP contribution is 2.74. The van der Waals surface area contributed by atoms with Crippen LogP contribution in [0.2, 0.25) is 0 Å². The second-order valence-corrected chi connectivity index (χ2v) is 13.3. The number of ether oxygens (including phenoxy) is 1. The van der Waals surface area contributed by atoms with Crippen LogP contribution in [-0.2, 0) is 23.9 Å². The first-order chi connectivity index (χ1) is 16.9. The van der Waals surface area contributed by atoms with Gasteiger partial charge in [0.05, 0.1) is 7.11 Å². The van der Waals surface area contributed by atoms with E-state index in [0.29, 0.717) is 30.3 Å². The van der Waals surface area contributed by atoms with Crippen molar-refractivity contribution in [2.45, 2.75) is 92.0 Å². The van der Waals surface area contributed by atoms with E-state index in [9.17, 15) is 19.2 Å². The van der Waals surface area contributed by atoms with Gasteiger partial charge in [-0.25, -0.2) is 4.79 Å². The van der Waals surface area contributed by atoms with E-state index in [1.54, 1.807) is 6.92 Å². The second kappa shape index (κ2) is 8.52. The molecule has 6 rings (SSSR count). The second-order valence-electron chi connectivity index (χ2n) is 13.3. The number of rotatable bonds is 4. The van der Waals surface area contributed by atoms with E-state index in [0.717, 1.165) is 38.5 Å². The van der Waals surface area contributed by atoms with E-state index in [-0.39, 0.29) is 46.3 Å². The lowest BCUT2D eigenvalue weighted by Crippen LogP contribution is -2.67. The molecular formula is C30H43NO5. The summed E-state index contributed by atoms with van der Waals surface area (Å²) in [6.45, 7) is 10.6. The molecule has 6 nitrogen and oxygen atoms in total. The number of fused-ring (bicyclic) bond motifs is 1. The summed E-state index contributed by atoms with van der Waals surface area (Å²) in [5, 5.41) is 2.95. The number of nitrogens with one attached hydrogen (secondary N) is 1. The molecule has 1 spiro atoms. The fourth-order valence-electron chi connectivity index (χ4n) is 9.95. The van der Waals surface area contributed by atoms with Gasteiger partial charge in [0.25, 0.3) is 0 Å². The predicted molar refractivity (Wildman–Crippen MR) is 136 cm³/mol. The molecule has 0 unspecified atom stereocenters. The summed E-state index contributed by atoms with van der Waals surface area (Å²) < 4.78 is 4.84. The summed E-state index contributed by atoms with van der Waals surface area (Å²) in [6, 6.07) is -0.684. The van der Waals surface area contributed by atoms with Crippen molar-refractivity contribution in [3.8, 4) is 0 Å². The molecule has 0 aromatic heterocycles. The summed E-state index contributed by atoms with van der Waals surface area (Å²) in [4.78, 5) is 52.5. The third kappa shape index (κ3) is 3.34. The normalized spacial score (nSPS) is 44.2. The molecule has 0 aromatic carbocycles. The molecule has 0 aliphatic heterocycles. The maximum atomic E-state index is 13.7. The van der Waals surface area contributed by atoms with Crippen LogP contribution < -0.4 is 5.32 Å². The van der Waals surface area contributed by atoms with Crippen LogP contribution in [0.3, 0.4) is 0 Å². The molecule has 0 aromatic rings. The highest BCUT2D eigenvalue weighted by Gasteiger charge is 2.70. The average molecular weight is 498 g/mol. The minimum atomic E-state index is -0.684. The van der Waals surface area contributed by atoms with Crippen LogP contribution in [0.1, 0.15) is 86.0 Å².